The number of nitrogens with zero attached hydrogens (tertiary/aromatic N) is 2. The average molecular weight is 266 g/mol. The summed E-state index contributed by atoms with van der Waals surface area (Å²) in [5.74, 6) is 1.32. The third-order valence-corrected chi connectivity index (χ3v) is 3.07. The van der Waals surface area contributed by atoms with Gasteiger partial charge < -0.3 is 9.88 Å². The van der Waals surface area contributed by atoms with Crippen molar-refractivity contribution in [3.63, 3.8) is 0 Å². The van der Waals surface area contributed by atoms with E-state index in [1.54, 1.807) is 7.05 Å². The Balaban J connectivity index is 2.53. The number of aromatic nitrogens is 2. The molecular weight excluding hydrogens is 250 g/mol. The number of amides is 1. The Morgan fingerprint density at radius 1 is 1.50 bits per heavy atom. The van der Waals surface area contributed by atoms with Gasteiger partial charge in [-0.15, -0.1) is 11.6 Å². The highest BCUT2D eigenvalue weighted by atomic mass is 35.5. The third-order valence-electron chi connectivity index (χ3n) is 2.88. The molecule has 1 aromatic heterocycles. The minimum Gasteiger partial charge on any atom is -0.358 e. The fraction of sp³-hybridized carbons (Fsp3) is 0.385. The number of hydrogen-bond acceptors (Lipinski definition) is 2. The zero-order valence-corrected chi connectivity index (χ0v) is 11.3. The number of carbonyl (C=O) groups excluding carboxylic acids is 1. The number of alkyl halides is 1. The van der Waals surface area contributed by atoms with Crippen LogP contribution in [-0.4, -0.2) is 28.4 Å². The Morgan fingerprint density at radius 3 is 2.94 bits per heavy atom. The fourth-order valence-corrected chi connectivity index (χ4v) is 2.13. The molecule has 1 heterocycles. The lowest BCUT2D eigenvalue weighted by molar-refractivity contribution is -0.121. The van der Waals surface area contributed by atoms with Crippen molar-refractivity contribution < 1.29 is 4.79 Å². The van der Waals surface area contributed by atoms with Gasteiger partial charge >= 0.3 is 0 Å². The summed E-state index contributed by atoms with van der Waals surface area (Å²) in [7, 11) is 1.63. The molecule has 5 heteroatoms. The summed E-state index contributed by atoms with van der Waals surface area (Å²) >= 11 is 5.78. The summed E-state index contributed by atoms with van der Waals surface area (Å²) in [6.07, 6.45) is 0.659. The largest absolute Gasteiger partial charge is 0.358 e. The molecule has 96 valence electrons. The average Bonchev–Trinajstić information content (AvgIpc) is 2.68. The number of hydrogen-bond donors (Lipinski definition) is 1. The molecular formula is C13H16ClN3O. The normalized spacial score (nSPS) is 10.8. The third kappa shape index (κ3) is 2.48. The van der Waals surface area contributed by atoms with Crippen LogP contribution in [0.25, 0.3) is 11.0 Å². The number of benzene rings is 1. The van der Waals surface area contributed by atoms with Gasteiger partial charge in [-0.05, 0) is 24.6 Å². The number of carbonyl (C=O) groups is 1. The van der Waals surface area contributed by atoms with Crippen molar-refractivity contribution in [2.24, 2.45) is 0 Å². The van der Waals surface area contributed by atoms with E-state index in [2.05, 4.69) is 10.3 Å². The van der Waals surface area contributed by atoms with Gasteiger partial charge in [0.25, 0.3) is 0 Å². The van der Waals surface area contributed by atoms with E-state index in [9.17, 15) is 4.79 Å². The van der Waals surface area contributed by atoms with Gasteiger partial charge in [0.05, 0.1) is 11.0 Å². The fourth-order valence-electron chi connectivity index (χ4n) is 1.96. The number of imidazole rings is 1. The molecule has 1 aromatic carbocycles. The number of likely N-dealkylation sites (N-methyl/N-ethyl adjacent to an activating group) is 1. The molecule has 1 N–H and O–H groups in total. The molecule has 1 amide bonds. The lowest BCUT2D eigenvalue weighted by Crippen LogP contribution is -2.24. The van der Waals surface area contributed by atoms with E-state index in [1.165, 1.54) is 0 Å². The van der Waals surface area contributed by atoms with Crippen molar-refractivity contribution in [2.45, 2.75) is 19.9 Å². The van der Waals surface area contributed by atoms with Crippen molar-refractivity contribution in [3.8, 4) is 0 Å². The molecule has 2 rings (SSSR count). The Hall–Kier alpha value is -1.55. The van der Waals surface area contributed by atoms with Gasteiger partial charge in [0.1, 0.15) is 12.4 Å². The van der Waals surface area contributed by atoms with Gasteiger partial charge in [0.15, 0.2) is 0 Å². The molecule has 0 bridgehead atoms. The van der Waals surface area contributed by atoms with E-state index in [-0.39, 0.29) is 12.5 Å². The van der Waals surface area contributed by atoms with Gasteiger partial charge in [-0.1, -0.05) is 6.07 Å². The quantitative estimate of drug-likeness (QED) is 0.858. The lowest BCUT2D eigenvalue weighted by atomic mass is 10.2. The van der Waals surface area contributed by atoms with E-state index in [0.29, 0.717) is 12.3 Å². The first-order valence-electron chi connectivity index (χ1n) is 5.88. The molecule has 2 aromatic rings. The van der Waals surface area contributed by atoms with Crippen LogP contribution in [0.2, 0.25) is 0 Å². The van der Waals surface area contributed by atoms with Gasteiger partial charge in [0, 0.05) is 19.3 Å². The van der Waals surface area contributed by atoms with Crippen LogP contribution in [0.5, 0.6) is 0 Å². The zero-order chi connectivity index (χ0) is 13.1. The Bertz CT molecular complexity index is 577. The minimum absolute atomic E-state index is 0.0355. The van der Waals surface area contributed by atoms with E-state index < -0.39 is 0 Å². The van der Waals surface area contributed by atoms with Gasteiger partial charge in [-0.25, -0.2) is 4.98 Å². The topological polar surface area (TPSA) is 46.9 Å². The van der Waals surface area contributed by atoms with Gasteiger partial charge in [-0.2, -0.15) is 0 Å². The molecule has 0 radical (unpaired) electrons. The van der Waals surface area contributed by atoms with E-state index >= 15 is 0 Å². The summed E-state index contributed by atoms with van der Waals surface area (Å²) in [5.41, 5.74) is 3.04. The summed E-state index contributed by atoms with van der Waals surface area (Å²) < 4.78 is 1.93. The zero-order valence-electron chi connectivity index (χ0n) is 10.5. The predicted octanol–water partition coefficient (Wildman–Crippen LogP) is 1.87. The molecule has 0 aliphatic rings. The smallest absolute Gasteiger partial charge is 0.239 e. The molecule has 0 saturated heterocycles. The molecule has 0 unspecified atom stereocenters. The number of fused-ring (bicyclic) bond motifs is 1. The van der Waals surface area contributed by atoms with Gasteiger partial charge in [0.2, 0.25) is 5.91 Å². The van der Waals surface area contributed by atoms with Crippen molar-refractivity contribution in [1.82, 2.24) is 14.9 Å². The first kappa shape index (κ1) is 12.9. The first-order valence-corrected chi connectivity index (χ1v) is 6.41. The molecule has 0 aliphatic heterocycles. The highest BCUT2D eigenvalue weighted by Crippen LogP contribution is 2.18. The molecule has 0 fully saturated rings. The summed E-state index contributed by atoms with van der Waals surface area (Å²) in [4.78, 5) is 16.1. The maximum Gasteiger partial charge on any atom is 0.239 e. The van der Waals surface area contributed by atoms with Crippen LogP contribution in [0.1, 0.15) is 11.4 Å². The molecule has 4 nitrogen and oxygen atoms in total. The number of nitrogens with one attached hydrogen (secondary N) is 1. The Labute approximate surface area is 111 Å². The van der Waals surface area contributed by atoms with E-state index in [0.717, 1.165) is 22.4 Å². The summed E-state index contributed by atoms with van der Waals surface area (Å²) in [6.45, 7) is 2.31. The van der Waals surface area contributed by atoms with Crippen molar-refractivity contribution >= 4 is 28.5 Å². The molecule has 0 saturated carbocycles. The second-order valence-corrected chi connectivity index (χ2v) is 4.60. The first-order chi connectivity index (χ1) is 8.65. The maximum atomic E-state index is 11.6. The van der Waals surface area contributed by atoms with Crippen LogP contribution in [-0.2, 0) is 17.8 Å². The summed E-state index contributed by atoms with van der Waals surface area (Å²) in [5, 5.41) is 2.63. The number of aryl methyl sites for hydroxylation is 2. The molecule has 18 heavy (non-hydrogen) atoms. The van der Waals surface area contributed by atoms with Crippen LogP contribution in [0, 0.1) is 6.92 Å². The Morgan fingerprint density at radius 2 is 2.28 bits per heavy atom. The van der Waals surface area contributed by atoms with Crippen LogP contribution in [0.3, 0.4) is 0 Å². The predicted molar refractivity (Wildman–Crippen MR) is 73.0 cm³/mol. The van der Waals surface area contributed by atoms with Crippen LogP contribution in [0.4, 0.5) is 0 Å². The monoisotopic (exact) mass is 265 g/mol. The van der Waals surface area contributed by atoms with Crippen molar-refractivity contribution in [3.05, 3.63) is 29.6 Å². The molecule has 0 spiro atoms. The Kier molecular flexibility index (Phi) is 3.87. The van der Waals surface area contributed by atoms with Gasteiger partial charge in [-0.3, -0.25) is 4.79 Å². The minimum atomic E-state index is -0.0355. The lowest BCUT2D eigenvalue weighted by Gasteiger charge is -2.07. The summed E-state index contributed by atoms with van der Waals surface area (Å²) in [6, 6.07) is 6.04. The van der Waals surface area contributed by atoms with Crippen LogP contribution < -0.4 is 5.32 Å². The van der Waals surface area contributed by atoms with Crippen molar-refractivity contribution in [1.29, 1.82) is 0 Å². The standard InChI is InChI=1S/C13H16ClN3O/c1-9-3-4-10-11(7-9)17(8-13(18)15-2)12(16-10)5-6-14/h3-4,7H,5-6,8H2,1-2H3,(H,15,18). The van der Waals surface area contributed by atoms with E-state index in [4.69, 9.17) is 11.6 Å². The highest BCUT2D eigenvalue weighted by molar-refractivity contribution is 6.17. The van der Waals surface area contributed by atoms with Crippen LogP contribution in [0.15, 0.2) is 18.2 Å². The second kappa shape index (κ2) is 5.40. The second-order valence-electron chi connectivity index (χ2n) is 4.22. The van der Waals surface area contributed by atoms with Crippen LogP contribution >= 0.6 is 11.6 Å². The van der Waals surface area contributed by atoms with E-state index in [1.807, 2.05) is 29.7 Å². The molecule has 0 atom stereocenters. The maximum absolute atomic E-state index is 11.6. The SMILES string of the molecule is CNC(=O)Cn1c(CCCl)nc2ccc(C)cc21. The number of rotatable bonds is 4. The van der Waals surface area contributed by atoms with Crippen molar-refractivity contribution in [2.75, 3.05) is 12.9 Å². The highest BCUT2D eigenvalue weighted by Gasteiger charge is 2.12. The molecule has 0 aliphatic carbocycles. The number of halogens is 1.